The standard InChI is InChI=1S/C6H7NS/c1-3-6-7-5(2)4-8-6/h3-4H,1H2,2H3. The fraction of sp³-hybridized carbons (Fsp3) is 0.167. The summed E-state index contributed by atoms with van der Waals surface area (Å²) in [6.45, 7) is 5.57. The molecule has 0 aliphatic heterocycles. The fourth-order valence-electron chi connectivity index (χ4n) is 0.466. The number of nitrogens with zero attached hydrogens (tertiary/aromatic N) is 1. The van der Waals surface area contributed by atoms with Gasteiger partial charge in [-0.05, 0) is 13.0 Å². The van der Waals surface area contributed by atoms with Crippen LogP contribution in [-0.2, 0) is 0 Å². The molecule has 1 heterocycles. The summed E-state index contributed by atoms with van der Waals surface area (Å²) in [5, 5.41) is 3.01. The van der Waals surface area contributed by atoms with Crippen LogP contribution >= 0.6 is 11.3 Å². The van der Waals surface area contributed by atoms with E-state index in [1.807, 2.05) is 12.3 Å². The number of aromatic nitrogens is 1. The van der Waals surface area contributed by atoms with E-state index in [-0.39, 0.29) is 0 Å². The lowest BCUT2D eigenvalue weighted by atomic mass is 10.6. The second-order valence-electron chi connectivity index (χ2n) is 1.53. The lowest BCUT2D eigenvalue weighted by Crippen LogP contribution is -1.67. The number of thiazole rings is 1. The molecule has 0 saturated heterocycles. The molecule has 0 aromatic carbocycles. The average Bonchev–Trinajstić information content (AvgIpc) is 2.14. The first kappa shape index (κ1) is 5.51. The Labute approximate surface area is 52.7 Å². The van der Waals surface area contributed by atoms with Gasteiger partial charge < -0.3 is 0 Å². The van der Waals surface area contributed by atoms with Gasteiger partial charge in [-0.1, -0.05) is 6.58 Å². The van der Waals surface area contributed by atoms with Crippen molar-refractivity contribution in [2.24, 2.45) is 0 Å². The highest BCUT2D eigenvalue weighted by Crippen LogP contribution is 2.08. The van der Waals surface area contributed by atoms with Crippen LogP contribution in [0.3, 0.4) is 0 Å². The Morgan fingerprint density at radius 2 is 2.62 bits per heavy atom. The van der Waals surface area contributed by atoms with Gasteiger partial charge in [0.25, 0.3) is 0 Å². The third-order valence-electron chi connectivity index (χ3n) is 0.811. The maximum atomic E-state index is 4.13. The quantitative estimate of drug-likeness (QED) is 0.560. The summed E-state index contributed by atoms with van der Waals surface area (Å²) in [4.78, 5) is 4.13. The summed E-state index contributed by atoms with van der Waals surface area (Å²) in [7, 11) is 0. The zero-order valence-electron chi connectivity index (χ0n) is 4.72. The van der Waals surface area contributed by atoms with E-state index in [4.69, 9.17) is 0 Å². The van der Waals surface area contributed by atoms with Crippen LogP contribution in [0, 0.1) is 6.92 Å². The summed E-state index contributed by atoms with van der Waals surface area (Å²) in [5.41, 5.74) is 1.07. The summed E-state index contributed by atoms with van der Waals surface area (Å²) in [6.07, 6.45) is 1.76. The Hall–Kier alpha value is -0.630. The summed E-state index contributed by atoms with van der Waals surface area (Å²) in [5.74, 6) is 0. The van der Waals surface area contributed by atoms with Crippen molar-refractivity contribution < 1.29 is 0 Å². The number of hydrogen-bond donors (Lipinski definition) is 0. The minimum atomic E-state index is 1.00. The minimum Gasteiger partial charge on any atom is -0.242 e. The Morgan fingerprint density at radius 3 is 2.88 bits per heavy atom. The average molecular weight is 125 g/mol. The van der Waals surface area contributed by atoms with Gasteiger partial charge in [0.1, 0.15) is 5.01 Å². The zero-order valence-corrected chi connectivity index (χ0v) is 5.53. The largest absolute Gasteiger partial charge is 0.242 e. The van der Waals surface area contributed by atoms with E-state index in [9.17, 15) is 0 Å². The van der Waals surface area contributed by atoms with E-state index >= 15 is 0 Å². The molecule has 0 unspecified atom stereocenters. The fourth-order valence-corrected chi connectivity index (χ4v) is 1.10. The molecule has 1 rings (SSSR count). The number of rotatable bonds is 1. The molecule has 1 aromatic heterocycles. The highest BCUT2D eigenvalue weighted by atomic mass is 32.1. The molecule has 0 aliphatic carbocycles. The van der Waals surface area contributed by atoms with Crippen molar-refractivity contribution in [1.29, 1.82) is 0 Å². The highest BCUT2D eigenvalue weighted by Gasteiger charge is 1.88. The van der Waals surface area contributed by atoms with E-state index in [1.54, 1.807) is 17.4 Å². The summed E-state index contributed by atoms with van der Waals surface area (Å²) < 4.78 is 0. The molecule has 0 saturated carbocycles. The molecule has 0 fully saturated rings. The molecule has 2 heteroatoms. The smallest absolute Gasteiger partial charge is 0.115 e. The zero-order chi connectivity index (χ0) is 5.98. The molecule has 0 N–H and O–H groups in total. The van der Waals surface area contributed by atoms with Crippen LogP contribution in [0.15, 0.2) is 12.0 Å². The molecule has 0 radical (unpaired) electrons. The molecule has 0 atom stereocenters. The normalized spacial score (nSPS) is 9.12. The Bertz CT molecular complexity index is 190. The molecule has 42 valence electrons. The van der Waals surface area contributed by atoms with Crippen molar-refractivity contribution in [1.82, 2.24) is 4.98 Å². The van der Waals surface area contributed by atoms with Crippen molar-refractivity contribution in [3.63, 3.8) is 0 Å². The Morgan fingerprint density at radius 1 is 1.88 bits per heavy atom. The van der Waals surface area contributed by atoms with Gasteiger partial charge in [0.15, 0.2) is 0 Å². The van der Waals surface area contributed by atoms with Gasteiger partial charge in [-0.3, -0.25) is 0 Å². The monoisotopic (exact) mass is 125 g/mol. The van der Waals surface area contributed by atoms with Crippen LogP contribution in [0.5, 0.6) is 0 Å². The Balaban J connectivity index is 3.00. The van der Waals surface area contributed by atoms with Crippen LogP contribution < -0.4 is 0 Å². The lowest BCUT2D eigenvalue weighted by Gasteiger charge is -1.73. The van der Waals surface area contributed by atoms with Gasteiger partial charge in [0.2, 0.25) is 0 Å². The van der Waals surface area contributed by atoms with Crippen molar-refractivity contribution in [2.45, 2.75) is 6.92 Å². The van der Waals surface area contributed by atoms with Crippen LogP contribution in [0.4, 0.5) is 0 Å². The second-order valence-corrected chi connectivity index (χ2v) is 2.42. The minimum absolute atomic E-state index is 1.00. The van der Waals surface area contributed by atoms with Crippen LogP contribution in [0.25, 0.3) is 6.08 Å². The first-order valence-electron chi connectivity index (χ1n) is 2.37. The van der Waals surface area contributed by atoms with Crippen LogP contribution in [0.2, 0.25) is 0 Å². The molecule has 8 heavy (non-hydrogen) atoms. The molecule has 0 aliphatic rings. The lowest BCUT2D eigenvalue weighted by molar-refractivity contribution is 1.25. The van der Waals surface area contributed by atoms with Gasteiger partial charge in [-0.15, -0.1) is 11.3 Å². The molecule has 0 bridgehead atoms. The molecule has 0 spiro atoms. The first-order valence-corrected chi connectivity index (χ1v) is 3.25. The van der Waals surface area contributed by atoms with E-state index in [1.165, 1.54) is 0 Å². The highest BCUT2D eigenvalue weighted by molar-refractivity contribution is 7.10. The second kappa shape index (κ2) is 2.09. The molecule has 1 nitrogen and oxygen atoms in total. The first-order chi connectivity index (χ1) is 3.83. The molecular formula is C6H7NS. The Kier molecular flexibility index (Phi) is 1.44. The summed E-state index contributed by atoms with van der Waals surface area (Å²) >= 11 is 1.62. The summed E-state index contributed by atoms with van der Waals surface area (Å²) in [6, 6.07) is 0. The predicted molar refractivity (Wildman–Crippen MR) is 36.9 cm³/mol. The van der Waals surface area contributed by atoms with Gasteiger partial charge in [-0.2, -0.15) is 0 Å². The molecule has 1 aromatic rings. The van der Waals surface area contributed by atoms with Crippen LogP contribution in [-0.4, -0.2) is 4.98 Å². The van der Waals surface area contributed by atoms with Crippen molar-refractivity contribution >= 4 is 17.4 Å². The number of aryl methyl sites for hydroxylation is 1. The van der Waals surface area contributed by atoms with E-state index in [0.29, 0.717) is 0 Å². The van der Waals surface area contributed by atoms with E-state index < -0.39 is 0 Å². The third-order valence-corrected chi connectivity index (χ3v) is 1.77. The SMILES string of the molecule is C=Cc1nc(C)cs1. The molecular weight excluding hydrogens is 118 g/mol. The van der Waals surface area contributed by atoms with Crippen molar-refractivity contribution in [3.8, 4) is 0 Å². The maximum Gasteiger partial charge on any atom is 0.115 e. The maximum absolute atomic E-state index is 4.13. The third kappa shape index (κ3) is 0.954. The topological polar surface area (TPSA) is 12.9 Å². The molecule has 0 amide bonds. The van der Waals surface area contributed by atoms with Gasteiger partial charge >= 0.3 is 0 Å². The van der Waals surface area contributed by atoms with Crippen molar-refractivity contribution in [3.05, 3.63) is 22.7 Å². The van der Waals surface area contributed by atoms with Gasteiger partial charge in [-0.25, -0.2) is 4.98 Å². The number of hydrogen-bond acceptors (Lipinski definition) is 2. The predicted octanol–water partition coefficient (Wildman–Crippen LogP) is 2.09. The van der Waals surface area contributed by atoms with E-state index in [0.717, 1.165) is 10.7 Å². The van der Waals surface area contributed by atoms with Crippen LogP contribution in [0.1, 0.15) is 10.7 Å². The van der Waals surface area contributed by atoms with Crippen molar-refractivity contribution in [2.75, 3.05) is 0 Å². The van der Waals surface area contributed by atoms with E-state index in [2.05, 4.69) is 11.6 Å². The van der Waals surface area contributed by atoms with Gasteiger partial charge in [0, 0.05) is 11.1 Å². The van der Waals surface area contributed by atoms with Gasteiger partial charge in [0.05, 0.1) is 0 Å².